The first kappa shape index (κ1) is 16.1. The molecule has 22 heavy (non-hydrogen) atoms. The van der Waals surface area contributed by atoms with Gasteiger partial charge in [0.25, 0.3) is 5.76 Å². The Kier molecular flexibility index (Phi) is 5.60. The summed E-state index contributed by atoms with van der Waals surface area (Å²) in [7, 11) is 0. The molecule has 0 spiro atoms. The van der Waals surface area contributed by atoms with Crippen LogP contribution in [0.2, 0.25) is 0 Å². The molecule has 114 valence electrons. The minimum absolute atomic E-state index is 0.564. The molecule has 0 aromatic heterocycles. The summed E-state index contributed by atoms with van der Waals surface area (Å²) in [4.78, 5) is 0. The zero-order valence-corrected chi connectivity index (χ0v) is 13.7. The van der Waals surface area contributed by atoms with Crippen LogP contribution in [0, 0.1) is 6.92 Å². The van der Waals surface area contributed by atoms with Crippen LogP contribution in [0.25, 0.3) is 5.76 Å². The van der Waals surface area contributed by atoms with Crippen LogP contribution in [-0.4, -0.2) is 5.11 Å². The van der Waals surface area contributed by atoms with Crippen molar-refractivity contribution in [3.05, 3.63) is 88.6 Å². The van der Waals surface area contributed by atoms with Crippen molar-refractivity contribution in [2.24, 2.45) is 0 Å². The second kappa shape index (κ2) is 7.65. The Morgan fingerprint density at radius 3 is 2.55 bits per heavy atom. The third-order valence-electron chi connectivity index (χ3n) is 3.72. The lowest BCUT2D eigenvalue weighted by atomic mass is 9.99. The predicted octanol–water partition coefficient (Wildman–Crippen LogP) is 5.23. The molecule has 1 aromatic carbocycles. The smallest absolute Gasteiger partial charge is 0.261 e. The summed E-state index contributed by atoms with van der Waals surface area (Å²) in [6.07, 6.45) is 14.7. The number of hydrogen-bond acceptors (Lipinski definition) is 0. The van der Waals surface area contributed by atoms with Crippen molar-refractivity contribution < 1.29 is 5.11 Å². The van der Waals surface area contributed by atoms with Crippen LogP contribution in [-0.2, 0) is 0 Å². The van der Waals surface area contributed by atoms with E-state index < -0.39 is 0 Å². The molecule has 0 saturated carbocycles. The van der Waals surface area contributed by atoms with Crippen LogP contribution in [0.15, 0.2) is 77.4 Å². The molecule has 0 saturated heterocycles. The van der Waals surface area contributed by atoms with Crippen LogP contribution in [0.5, 0.6) is 0 Å². The minimum atomic E-state index is 0.564. The maximum Gasteiger partial charge on any atom is 0.261 e. The van der Waals surface area contributed by atoms with E-state index in [1.165, 1.54) is 16.7 Å². The molecule has 2 rings (SSSR count). The molecule has 0 heterocycles. The molecular weight excluding hydrogens is 268 g/mol. The molecule has 0 radical (unpaired) electrons. The van der Waals surface area contributed by atoms with Gasteiger partial charge in [0.1, 0.15) is 0 Å². The summed E-state index contributed by atoms with van der Waals surface area (Å²) in [5.41, 5.74) is 5.87. The SMILES string of the molecule is CC/C=C(\C=C(/[OH2+])c1ccc(C)cc1)C1=CC=C(C)C=CC1. The van der Waals surface area contributed by atoms with Gasteiger partial charge in [-0.3, -0.25) is 0 Å². The number of aryl methyl sites for hydroxylation is 1. The Labute approximate surface area is 133 Å². The van der Waals surface area contributed by atoms with E-state index >= 15 is 0 Å². The normalized spacial score (nSPS) is 16.1. The van der Waals surface area contributed by atoms with Crippen LogP contribution < -0.4 is 0 Å². The van der Waals surface area contributed by atoms with Crippen molar-refractivity contribution in [1.29, 1.82) is 0 Å². The Balaban J connectivity index is 2.33. The first-order valence-corrected chi connectivity index (χ1v) is 7.85. The van der Waals surface area contributed by atoms with Crippen molar-refractivity contribution in [2.75, 3.05) is 0 Å². The highest BCUT2D eigenvalue weighted by Gasteiger charge is 2.09. The summed E-state index contributed by atoms with van der Waals surface area (Å²) in [6, 6.07) is 8.15. The largest absolute Gasteiger partial charge is 0.593 e. The van der Waals surface area contributed by atoms with Crippen molar-refractivity contribution >= 4 is 5.76 Å². The summed E-state index contributed by atoms with van der Waals surface area (Å²) >= 11 is 0. The third-order valence-corrected chi connectivity index (χ3v) is 3.72. The number of benzene rings is 1. The fourth-order valence-electron chi connectivity index (χ4n) is 2.42. The maximum absolute atomic E-state index is 8.36. The van der Waals surface area contributed by atoms with Crippen LogP contribution in [0.1, 0.15) is 37.8 Å². The Morgan fingerprint density at radius 2 is 1.86 bits per heavy atom. The molecule has 0 amide bonds. The fourth-order valence-corrected chi connectivity index (χ4v) is 2.42. The van der Waals surface area contributed by atoms with Gasteiger partial charge in [-0.15, -0.1) is 0 Å². The van der Waals surface area contributed by atoms with Crippen molar-refractivity contribution in [3.8, 4) is 0 Å². The quantitative estimate of drug-likeness (QED) is 0.412. The standard InChI is InChI=1S/C21H24O/c1-4-6-20(18-8-5-7-16(2)9-12-18)15-21(22)19-13-10-17(3)11-14-19/h5-7,9-15,22H,4,8H2,1-3H3/p+1/b20-6+,21-15-. The molecule has 1 aliphatic carbocycles. The monoisotopic (exact) mass is 293 g/mol. The van der Waals surface area contributed by atoms with Gasteiger partial charge in [0, 0.05) is 6.08 Å². The minimum Gasteiger partial charge on any atom is -0.593 e. The molecule has 0 fully saturated rings. The van der Waals surface area contributed by atoms with Gasteiger partial charge in [0.05, 0.1) is 5.56 Å². The maximum atomic E-state index is 8.36. The Hall–Kier alpha value is -2.28. The predicted molar refractivity (Wildman–Crippen MR) is 96.7 cm³/mol. The average molecular weight is 293 g/mol. The highest BCUT2D eigenvalue weighted by atomic mass is 16.3. The highest BCUT2D eigenvalue weighted by Crippen LogP contribution is 2.24. The number of allylic oxidation sites excluding steroid dienone is 9. The summed E-state index contributed by atoms with van der Waals surface area (Å²) in [5, 5.41) is 8.36. The highest BCUT2D eigenvalue weighted by molar-refractivity contribution is 5.64. The fraction of sp³-hybridized carbons (Fsp3) is 0.238. The van der Waals surface area contributed by atoms with E-state index in [4.69, 9.17) is 5.11 Å². The molecular formula is C21H25O+. The lowest BCUT2D eigenvalue weighted by molar-refractivity contribution is 0.511. The molecule has 0 aliphatic heterocycles. The Morgan fingerprint density at radius 1 is 1.14 bits per heavy atom. The second-order valence-corrected chi connectivity index (χ2v) is 5.70. The van der Waals surface area contributed by atoms with Gasteiger partial charge in [-0.25, -0.2) is 0 Å². The molecule has 0 unspecified atom stereocenters. The molecule has 1 nitrogen and oxygen atoms in total. The zero-order chi connectivity index (χ0) is 15.9. The van der Waals surface area contributed by atoms with Gasteiger partial charge in [0.15, 0.2) is 0 Å². The summed E-state index contributed by atoms with van der Waals surface area (Å²) in [6.45, 7) is 6.31. The van der Waals surface area contributed by atoms with Gasteiger partial charge in [-0.2, -0.15) is 0 Å². The van der Waals surface area contributed by atoms with E-state index in [0.29, 0.717) is 5.76 Å². The van der Waals surface area contributed by atoms with Gasteiger partial charge in [0.2, 0.25) is 0 Å². The lowest BCUT2D eigenvalue weighted by Gasteiger charge is -2.06. The molecule has 1 aliphatic rings. The number of hydrogen-bond donors (Lipinski definition) is 0. The van der Waals surface area contributed by atoms with Crippen LogP contribution >= 0.6 is 0 Å². The van der Waals surface area contributed by atoms with Crippen molar-refractivity contribution in [1.82, 2.24) is 0 Å². The van der Waals surface area contributed by atoms with Crippen molar-refractivity contribution in [3.63, 3.8) is 0 Å². The number of rotatable bonds is 4. The molecule has 2 N–H and O–H groups in total. The zero-order valence-electron chi connectivity index (χ0n) is 13.7. The van der Waals surface area contributed by atoms with E-state index in [2.05, 4.69) is 63.3 Å². The molecule has 0 bridgehead atoms. The van der Waals surface area contributed by atoms with E-state index in [9.17, 15) is 0 Å². The van der Waals surface area contributed by atoms with Gasteiger partial charge >= 0.3 is 0 Å². The van der Waals surface area contributed by atoms with E-state index in [-0.39, 0.29) is 0 Å². The van der Waals surface area contributed by atoms with Crippen LogP contribution in [0.4, 0.5) is 0 Å². The van der Waals surface area contributed by atoms with E-state index in [1.54, 1.807) is 0 Å². The van der Waals surface area contributed by atoms with Gasteiger partial charge < -0.3 is 5.11 Å². The topological polar surface area (TPSA) is 22.9 Å². The van der Waals surface area contributed by atoms with E-state index in [1.807, 2.05) is 18.2 Å². The molecule has 1 aromatic rings. The average Bonchev–Trinajstić information content (AvgIpc) is 2.72. The first-order chi connectivity index (χ1) is 10.6. The third kappa shape index (κ3) is 4.36. The van der Waals surface area contributed by atoms with Gasteiger partial charge in [-0.1, -0.05) is 60.6 Å². The molecule has 1 heteroatoms. The second-order valence-electron chi connectivity index (χ2n) is 5.70. The lowest BCUT2D eigenvalue weighted by Crippen LogP contribution is -1.90. The Bertz CT molecular complexity index is 664. The van der Waals surface area contributed by atoms with Crippen LogP contribution in [0.3, 0.4) is 0 Å². The molecule has 0 atom stereocenters. The van der Waals surface area contributed by atoms with E-state index in [0.717, 1.165) is 24.0 Å². The van der Waals surface area contributed by atoms with Crippen molar-refractivity contribution in [2.45, 2.75) is 33.6 Å². The summed E-state index contributed by atoms with van der Waals surface area (Å²) in [5.74, 6) is 0.564. The first-order valence-electron chi connectivity index (χ1n) is 7.85. The summed E-state index contributed by atoms with van der Waals surface area (Å²) < 4.78 is 0. The van der Waals surface area contributed by atoms with Gasteiger partial charge in [-0.05, 0) is 50.0 Å².